The van der Waals surface area contributed by atoms with Gasteiger partial charge in [-0.2, -0.15) is 4.31 Å². The highest BCUT2D eigenvalue weighted by atomic mass is 35.5. The van der Waals surface area contributed by atoms with E-state index in [2.05, 4.69) is 4.90 Å². The number of amides is 1. The van der Waals surface area contributed by atoms with Crippen molar-refractivity contribution in [3.8, 4) is 5.75 Å². The molecule has 4 rings (SSSR count). The molecule has 0 spiro atoms. The van der Waals surface area contributed by atoms with Crippen molar-refractivity contribution in [2.45, 2.75) is 24.2 Å². The molecule has 10 heteroatoms. The maximum Gasteiger partial charge on any atom is 0.260 e. The molecule has 2 saturated heterocycles. The smallest absolute Gasteiger partial charge is 0.260 e. The number of halogens is 2. The van der Waals surface area contributed by atoms with Crippen LogP contribution >= 0.6 is 23.2 Å². The molecule has 0 saturated carbocycles. The molecule has 0 aliphatic carbocycles. The Balaban J connectivity index is 1.31. The summed E-state index contributed by atoms with van der Waals surface area (Å²) in [4.78, 5) is 16.7. The Kier molecular flexibility index (Phi) is 7.69. The van der Waals surface area contributed by atoms with Crippen molar-refractivity contribution in [3.05, 3.63) is 52.5 Å². The van der Waals surface area contributed by atoms with Gasteiger partial charge in [-0.1, -0.05) is 35.7 Å². The maximum atomic E-state index is 12.8. The van der Waals surface area contributed by atoms with Crippen LogP contribution in [0.3, 0.4) is 0 Å². The summed E-state index contributed by atoms with van der Waals surface area (Å²) >= 11 is 12.4. The second-order valence-corrected chi connectivity index (χ2v) is 11.0. The topological polar surface area (TPSA) is 70.2 Å². The van der Waals surface area contributed by atoms with Crippen LogP contribution in [0.15, 0.2) is 47.4 Å². The zero-order chi connectivity index (χ0) is 23.4. The number of benzene rings is 2. The standard InChI is InChI=1S/C23H27Cl2N3O4S/c24-18-5-4-6-19(15-18)26-11-13-27(14-12-26)23(29)17-32-22-8-7-20(16-21(22)25)33(30,31)28-9-2-1-3-10-28/h4-8,15-16H,1-3,9-14,17H2. The van der Waals surface area contributed by atoms with Gasteiger partial charge in [0.1, 0.15) is 5.75 Å². The molecule has 7 nitrogen and oxygen atoms in total. The van der Waals surface area contributed by atoms with Crippen molar-refractivity contribution in [1.82, 2.24) is 9.21 Å². The fourth-order valence-corrected chi connectivity index (χ4v) is 6.16. The number of piperidine rings is 1. The number of carbonyl (C=O) groups is 1. The zero-order valence-corrected chi connectivity index (χ0v) is 20.6. The fraction of sp³-hybridized carbons (Fsp3) is 0.435. The lowest BCUT2D eigenvalue weighted by atomic mass is 10.2. The van der Waals surface area contributed by atoms with Gasteiger partial charge in [0.15, 0.2) is 6.61 Å². The number of rotatable bonds is 6. The predicted octanol–water partition coefficient (Wildman–Crippen LogP) is 3.90. The summed E-state index contributed by atoms with van der Waals surface area (Å²) in [7, 11) is -3.58. The summed E-state index contributed by atoms with van der Waals surface area (Å²) in [5, 5.41) is 0.859. The molecule has 178 valence electrons. The van der Waals surface area contributed by atoms with Gasteiger partial charge in [-0.15, -0.1) is 0 Å². The van der Waals surface area contributed by atoms with Crippen LogP contribution in [0.2, 0.25) is 10.0 Å². The Morgan fingerprint density at radius 1 is 0.909 bits per heavy atom. The van der Waals surface area contributed by atoms with Crippen molar-refractivity contribution in [2.75, 3.05) is 50.8 Å². The molecular formula is C23H27Cl2N3O4S. The first-order valence-electron chi connectivity index (χ1n) is 11.1. The first kappa shape index (κ1) is 24.1. The van der Waals surface area contributed by atoms with Crippen molar-refractivity contribution in [1.29, 1.82) is 0 Å². The fourth-order valence-electron chi connectivity index (χ4n) is 4.13. The summed E-state index contributed by atoms with van der Waals surface area (Å²) in [6, 6.07) is 12.1. The van der Waals surface area contributed by atoms with Crippen LogP contribution in [-0.2, 0) is 14.8 Å². The first-order chi connectivity index (χ1) is 15.8. The van der Waals surface area contributed by atoms with E-state index in [-0.39, 0.29) is 22.4 Å². The molecule has 2 aliphatic heterocycles. The average molecular weight is 512 g/mol. The summed E-state index contributed by atoms with van der Waals surface area (Å²) in [6.45, 7) is 3.46. The normalized spacial score (nSPS) is 17.8. The molecule has 2 aromatic rings. The van der Waals surface area contributed by atoms with Crippen LogP contribution in [0.25, 0.3) is 0 Å². The first-order valence-corrected chi connectivity index (χ1v) is 13.2. The van der Waals surface area contributed by atoms with Gasteiger partial charge in [0.25, 0.3) is 5.91 Å². The Bertz CT molecular complexity index is 1100. The Morgan fingerprint density at radius 2 is 1.64 bits per heavy atom. The van der Waals surface area contributed by atoms with Crippen LogP contribution < -0.4 is 9.64 Å². The van der Waals surface area contributed by atoms with Gasteiger partial charge in [-0.05, 0) is 49.2 Å². The Morgan fingerprint density at radius 3 is 2.30 bits per heavy atom. The molecule has 2 heterocycles. The largest absolute Gasteiger partial charge is 0.482 e. The summed E-state index contributed by atoms with van der Waals surface area (Å²) in [6.07, 6.45) is 2.77. The van der Waals surface area contributed by atoms with Crippen molar-refractivity contribution in [3.63, 3.8) is 0 Å². The monoisotopic (exact) mass is 511 g/mol. The maximum absolute atomic E-state index is 12.8. The molecule has 2 aromatic carbocycles. The minimum atomic E-state index is -3.58. The van der Waals surface area contributed by atoms with Gasteiger partial charge in [0, 0.05) is 50.0 Å². The summed E-state index contributed by atoms with van der Waals surface area (Å²) in [5.74, 6) is 0.155. The Hall–Kier alpha value is -2.00. The van der Waals surface area contributed by atoms with E-state index in [1.807, 2.05) is 24.3 Å². The van der Waals surface area contributed by atoms with E-state index in [9.17, 15) is 13.2 Å². The van der Waals surface area contributed by atoms with E-state index in [1.54, 1.807) is 4.90 Å². The van der Waals surface area contributed by atoms with Crippen molar-refractivity contribution in [2.24, 2.45) is 0 Å². The van der Waals surface area contributed by atoms with Crippen molar-refractivity contribution >= 4 is 44.8 Å². The number of anilines is 1. The second-order valence-electron chi connectivity index (χ2n) is 8.19. The van der Waals surface area contributed by atoms with E-state index >= 15 is 0 Å². The van der Waals surface area contributed by atoms with Gasteiger partial charge in [0.2, 0.25) is 10.0 Å². The number of nitrogens with zero attached hydrogens (tertiary/aromatic N) is 3. The zero-order valence-electron chi connectivity index (χ0n) is 18.3. The minimum absolute atomic E-state index is 0.137. The van der Waals surface area contributed by atoms with Crippen LogP contribution in [-0.4, -0.2) is 69.4 Å². The molecule has 0 bridgehead atoms. The molecule has 0 unspecified atom stereocenters. The van der Waals surface area contributed by atoms with Crippen molar-refractivity contribution < 1.29 is 17.9 Å². The molecule has 0 atom stereocenters. The number of piperazine rings is 1. The lowest BCUT2D eigenvalue weighted by molar-refractivity contribution is -0.133. The lowest BCUT2D eigenvalue weighted by Gasteiger charge is -2.36. The van der Waals surface area contributed by atoms with Gasteiger partial charge in [0.05, 0.1) is 9.92 Å². The minimum Gasteiger partial charge on any atom is -0.482 e. The van der Waals surface area contributed by atoms with E-state index in [0.29, 0.717) is 50.0 Å². The third kappa shape index (κ3) is 5.74. The molecule has 1 amide bonds. The third-order valence-corrected chi connectivity index (χ3v) is 8.44. The number of hydrogen-bond donors (Lipinski definition) is 0. The highest BCUT2D eigenvalue weighted by Crippen LogP contribution is 2.30. The second kappa shape index (κ2) is 10.5. The summed E-state index contributed by atoms with van der Waals surface area (Å²) in [5.41, 5.74) is 1.04. The summed E-state index contributed by atoms with van der Waals surface area (Å²) < 4.78 is 32.8. The van der Waals surface area contributed by atoms with Gasteiger partial charge < -0.3 is 14.5 Å². The van der Waals surface area contributed by atoms with Crippen LogP contribution in [0.1, 0.15) is 19.3 Å². The highest BCUT2D eigenvalue weighted by molar-refractivity contribution is 7.89. The molecular weight excluding hydrogens is 485 g/mol. The average Bonchev–Trinajstić information content (AvgIpc) is 2.83. The number of hydrogen-bond acceptors (Lipinski definition) is 5. The van der Waals surface area contributed by atoms with Gasteiger partial charge >= 0.3 is 0 Å². The van der Waals surface area contributed by atoms with E-state index in [0.717, 1.165) is 24.9 Å². The highest BCUT2D eigenvalue weighted by Gasteiger charge is 2.27. The van der Waals surface area contributed by atoms with Crippen LogP contribution in [0.4, 0.5) is 5.69 Å². The van der Waals surface area contributed by atoms with Gasteiger partial charge in [-0.3, -0.25) is 4.79 Å². The molecule has 0 aromatic heterocycles. The quantitative estimate of drug-likeness (QED) is 0.588. The van der Waals surface area contributed by atoms with Gasteiger partial charge in [-0.25, -0.2) is 8.42 Å². The number of ether oxygens (including phenoxy) is 1. The molecule has 2 aliphatic rings. The molecule has 33 heavy (non-hydrogen) atoms. The van der Waals surface area contributed by atoms with E-state index in [1.165, 1.54) is 22.5 Å². The molecule has 2 fully saturated rings. The van der Waals surface area contributed by atoms with Crippen LogP contribution in [0, 0.1) is 0 Å². The van der Waals surface area contributed by atoms with E-state index in [4.69, 9.17) is 27.9 Å². The lowest BCUT2D eigenvalue weighted by Crippen LogP contribution is -2.50. The molecule has 0 N–H and O–H groups in total. The van der Waals surface area contributed by atoms with Crippen LogP contribution in [0.5, 0.6) is 5.75 Å². The number of sulfonamides is 1. The molecule has 0 radical (unpaired) electrons. The number of carbonyl (C=O) groups excluding carboxylic acids is 1. The Labute approximate surface area is 204 Å². The van der Waals surface area contributed by atoms with E-state index < -0.39 is 10.0 Å². The third-order valence-electron chi connectivity index (χ3n) is 6.01. The predicted molar refractivity (Wildman–Crippen MR) is 130 cm³/mol. The SMILES string of the molecule is O=C(COc1ccc(S(=O)(=O)N2CCCCC2)cc1Cl)N1CCN(c2cccc(Cl)c2)CC1.